The topological polar surface area (TPSA) is 78.4 Å². The van der Waals surface area contributed by atoms with Crippen LogP contribution >= 0.6 is 11.5 Å². The predicted octanol–water partition coefficient (Wildman–Crippen LogP) is 0.778. The Kier molecular flexibility index (Phi) is 4.17. The first kappa shape index (κ1) is 11.6. The zero-order valence-corrected chi connectivity index (χ0v) is 9.17. The Balaban J connectivity index is 2.68. The second-order valence-electron chi connectivity index (χ2n) is 2.55. The summed E-state index contributed by atoms with van der Waals surface area (Å²) in [6.07, 6.45) is 0. The van der Waals surface area contributed by atoms with E-state index in [-0.39, 0.29) is 18.1 Å². The van der Waals surface area contributed by atoms with Gasteiger partial charge in [-0.25, -0.2) is 4.79 Å². The van der Waals surface area contributed by atoms with Crippen LogP contribution in [0.15, 0.2) is 0 Å². The van der Waals surface area contributed by atoms with E-state index in [1.165, 1.54) is 6.92 Å². The van der Waals surface area contributed by atoms with Crippen molar-refractivity contribution in [2.45, 2.75) is 20.5 Å². The molecule has 0 aliphatic heterocycles. The summed E-state index contributed by atoms with van der Waals surface area (Å²) in [4.78, 5) is 22.2. The number of esters is 2. The molecule has 0 spiro atoms. The number of ether oxygens (including phenoxy) is 2. The van der Waals surface area contributed by atoms with E-state index in [4.69, 9.17) is 9.47 Å². The third-order valence-electron chi connectivity index (χ3n) is 1.43. The standard InChI is InChI=1S/C8H10N2O4S/c1-3-13-8(12)7-6(9-10-15-7)4-14-5(2)11/h3-4H2,1-2H3. The van der Waals surface area contributed by atoms with Crippen molar-refractivity contribution in [3.63, 3.8) is 0 Å². The summed E-state index contributed by atoms with van der Waals surface area (Å²) >= 11 is 0.922. The molecule has 0 atom stereocenters. The molecule has 1 rings (SSSR count). The van der Waals surface area contributed by atoms with Gasteiger partial charge in [-0.05, 0) is 18.5 Å². The summed E-state index contributed by atoms with van der Waals surface area (Å²) in [6.45, 7) is 3.21. The largest absolute Gasteiger partial charge is 0.462 e. The highest BCUT2D eigenvalue weighted by Gasteiger charge is 2.17. The third kappa shape index (κ3) is 3.28. The Morgan fingerprint density at radius 2 is 2.13 bits per heavy atom. The molecule has 15 heavy (non-hydrogen) atoms. The van der Waals surface area contributed by atoms with Crippen molar-refractivity contribution in [3.05, 3.63) is 10.6 Å². The van der Waals surface area contributed by atoms with Gasteiger partial charge in [0.15, 0.2) is 4.88 Å². The molecule has 1 aromatic heterocycles. The van der Waals surface area contributed by atoms with Gasteiger partial charge in [0, 0.05) is 6.92 Å². The van der Waals surface area contributed by atoms with Gasteiger partial charge >= 0.3 is 11.9 Å². The number of nitrogens with zero attached hydrogens (tertiary/aromatic N) is 2. The lowest BCUT2D eigenvalue weighted by atomic mass is 10.4. The molecule has 7 heteroatoms. The van der Waals surface area contributed by atoms with Crippen LogP contribution in [0, 0.1) is 0 Å². The van der Waals surface area contributed by atoms with Crippen LogP contribution in [-0.4, -0.2) is 28.1 Å². The monoisotopic (exact) mass is 230 g/mol. The van der Waals surface area contributed by atoms with Gasteiger partial charge in [-0.2, -0.15) is 0 Å². The van der Waals surface area contributed by atoms with E-state index in [0.29, 0.717) is 5.69 Å². The summed E-state index contributed by atoms with van der Waals surface area (Å²) in [6, 6.07) is 0. The van der Waals surface area contributed by atoms with E-state index in [0.717, 1.165) is 11.5 Å². The van der Waals surface area contributed by atoms with Crippen LogP contribution < -0.4 is 0 Å². The maximum atomic E-state index is 11.3. The number of hydrogen-bond donors (Lipinski definition) is 0. The lowest BCUT2D eigenvalue weighted by Gasteiger charge is -2.01. The van der Waals surface area contributed by atoms with E-state index in [1.807, 2.05) is 0 Å². The molecule has 0 bridgehead atoms. The number of hydrogen-bond acceptors (Lipinski definition) is 7. The molecule has 1 heterocycles. The Bertz CT molecular complexity index is 363. The minimum atomic E-state index is -0.491. The van der Waals surface area contributed by atoms with Crippen LogP contribution in [0.1, 0.15) is 29.2 Å². The zero-order valence-electron chi connectivity index (χ0n) is 8.35. The van der Waals surface area contributed by atoms with Crippen molar-refractivity contribution in [1.29, 1.82) is 0 Å². The van der Waals surface area contributed by atoms with Crippen molar-refractivity contribution in [3.8, 4) is 0 Å². The molecule has 0 aromatic carbocycles. The van der Waals surface area contributed by atoms with E-state index < -0.39 is 11.9 Å². The highest BCUT2D eigenvalue weighted by molar-refractivity contribution is 7.07. The lowest BCUT2D eigenvalue weighted by Crippen LogP contribution is -2.08. The first-order chi connectivity index (χ1) is 7.15. The SMILES string of the molecule is CCOC(=O)c1snnc1COC(C)=O. The summed E-state index contributed by atoms with van der Waals surface area (Å²) in [5.41, 5.74) is 0.327. The number of aromatic nitrogens is 2. The van der Waals surface area contributed by atoms with Gasteiger partial charge in [0.1, 0.15) is 12.3 Å². The number of carbonyl (C=O) groups is 2. The summed E-state index contributed by atoms with van der Waals surface area (Å²) < 4.78 is 13.1. The van der Waals surface area contributed by atoms with E-state index in [1.54, 1.807) is 6.92 Å². The molecule has 0 amide bonds. The Labute approximate surface area is 90.4 Å². The number of carbonyl (C=O) groups excluding carboxylic acids is 2. The normalized spacial score (nSPS) is 9.73. The van der Waals surface area contributed by atoms with Crippen molar-refractivity contribution >= 4 is 23.5 Å². The molecule has 0 saturated carbocycles. The molecular formula is C8H10N2O4S. The van der Waals surface area contributed by atoms with Crippen LogP contribution in [0.4, 0.5) is 0 Å². The van der Waals surface area contributed by atoms with Gasteiger partial charge in [-0.3, -0.25) is 4.79 Å². The molecule has 0 fully saturated rings. The van der Waals surface area contributed by atoms with Crippen LogP contribution in [0.3, 0.4) is 0 Å². The Morgan fingerprint density at radius 3 is 2.73 bits per heavy atom. The zero-order chi connectivity index (χ0) is 11.3. The Morgan fingerprint density at radius 1 is 1.40 bits per heavy atom. The van der Waals surface area contributed by atoms with E-state index in [2.05, 4.69) is 9.59 Å². The Hall–Kier alpha value is -1.50. The fourth-order valence-electron chi connectivity index (χ4n) is 0.825. The second-order valence-corrected chi connectivity index (χ2v) is 3.30. The lowest BCUT2D eigenvalue weighted by molar-refractivity contribution is -0.142. The molecule has 1 aromatic rings. The van der Waals surface area contributed by atoms with Gasteiger partial charge in [0.2, 0.25) is 0 Å². The molecule has 0 aliphatic carbocycles. The van der Waals surface area contributed by atoms with Crippen LogP contribution in [0.5, 0.6) is 0 Å². The molecular weight excluding hydrogens is 220 g/mol. The average Bonchev–Trinajstić information content (AvgIpc) is 2.62. The van der Waals surface area contributed by atoms with E-state index in [9.17, 15) is 9.59 Å². The van der Waals surface area contributed by atoms with Crippen LogP contribution in [-0.2, 0) is 20.9 Å². The maximum Gasteiger partial charge on any atom is 0.352 e. The van der Waals surface area contributed by atoms with Gasteiger partial charge in [-0.15, -0.1) is 5.10 Å². The molecule has 0 radical (unpaired) electrons. The smallest absolute Gasteiger partial charge is 0.352 e. The minimum absolute atomic E-state index is 0.0556. The average molecular weight is 230 g/mol. The van der Waals surface area contributed by atoms with Gasteiger partial charge in [0.25, 0.3) is 0 Å². The predicted molar refractivity (Wildman–Crippen MR) is 51.3 cm³/mol. The quantitative estimate of drug-likeness (QED) is 0.711. The fourth-order valence-corrected chi connectivity index (χ4v) is 1.38. The van der Waals surface area contributed by atoms with Gasteiger partial charge in [-0.1, -0.05) is 4.49 Å². The molecule has 0 aliphatic rings. The van der Waals surface area contributed by atoms with Crippen LogP contribution in [0.2, 0.25) is 0 Å². The first-order valence-electron chi connectivity index (χ1n) is 4.26. The van der Waals surface area contributed by atoms with Crippen molar-refractivity contribution in [2.75, 3.05) is 6.61 Å². The highest BCUT2D eigenvalue weighted by atomic mass is 32.1. The molecule has 0 unspecified atom stereocenters. The second kappa shape index (κ2) is 5.40. The summed E-state index contributed by atoms with van der Waals surface area (Å²) in [7, 11) is 0. The molecule has 0 N–H and O–H groups in total. The minimum Gasteiger partial charge on any atom is -0.462 e. The number of rotatable bonds is 4. The van der Waals surface area contributed by atoms with Gasteiger partial charge < -0.3 is 9.47 Å². The van der Waals surface area contributed by atoms with E-state index >= 15 is 0 Å². The van der Waals surface area contributed by atoms with Crippen molar-refractivity contribution < 1.29 is 19.1 Å². The van der Waals surface area contributed by atoms with Crippen molar-refractivity contribution in [1.82, 2.24) is 9.59 Å². The fraction of sp³-hybridized carbons (Fsp3) is 0.500. The third-order valence-corrected chi connectivity index (χ3v) is 2.18. The molecule has 82 valence electrons. The van der Waals surface area contributed by atoms with Crippen LogP contribution in [0.25, 0.3) is 0 Å². The highest BCUT2D eigenvalue weighted by Crippen LogP contribution is 2.13. The maximum absolute atomic E-state index is 11.3. The summed E-state index contributed by atoms with van der Waals surface area (Å²) in [5.74, 6) is -0.924. The molecule has 0 saturated heterocycles. The first-order valence-corrected chi connectivity index (χ1v) is 5.04. The summed E-state index contributed by atoms with van der Waals surface area (Å²) in [5, 5.41) is 3.68. The van der Waals surface area contributed by atoms with Gasteiger partial charge in [0.05, 0.1) is 6.61 Å². The van der Waals surface area contributed by atoms with Crippen molar-refractivity contribution in [2.24, 2.45) is 0 Å². The molecule has 6 nitrogen and oxygen atoms in total.